The molecule has 2 bridgehead atoms. The van der Waals surface area contributed by atoms with Gasteiger partial charge in [-0.3, -0.25) is 4.79 Å². The van der Waals surface area contributed by atoms with Crippen molar-refractivity contribution in [3.63, 3.8) is 0 Å². The largest absolute Gasteiger partial charge is 0.361 e. The SMILES string of the molecule is C=CC(=O)N1CC2(CCN(c3nc4c(c(-c5c(F)ccc6cc[nH]c56)c3C#N)C[C@H]3C[C@@H]4C3(C)C)C2)C1. The van der Waals surface area contributed by atoms with Crippen molar-refractivity contribution < 1.29 is 9.18 Å². The molecule has 1 aromatic carbocycles. The lowest BCUT2D eigenvalue weighted by atomic mass is 9.48. The maximum atomic E-state index is 15.7. The molecule has 188 valence electrons. The Morgan fingerprint density at radius 2 is 2.08 bits per heavy atom. The average molecular weight is 496 g/mol. The standard InChI is InChI=1S/C30H30FN5O/c1-4-23(37)36-15-30(16-36)8-10-35(14-30)28-20(13-32)24(25-22(31)6-5-17-7-9-33-26(17)25)19-11-18-12-21(27(19)34-28)29(18,2)3/h4-7,9,18,21,33H,1,8,10-12,14-16H2,2-3H3/t18-,21-/m0/s1. The zero-order valence-electron chi connectivity index (χ0n) is 21.3. The molecular formula is C30H30FN5O. The molecule has 6 nitrogen and oxygen atoms in total. The summed E-state index contributed by atoms with van der Waals surface area (Å²) in [6.07, 6.45) is 6.04. The van der Waals surface area contributed by atoms with E-state index in [1.165, 1.54) is 12.1 Å². The molecule has 37 heavy (non-hydrogen) atoms. The number of anilines is 1. The molecule has 1 spiro atoms. The van der Waals surface area contributed by atoms with Crippen molar-refractivity contribution in [2.45, 2.75) is 39.0 Å². The van der Waals surface area contributed by atoms with E-state index in [4.69, 9.17) is 4.98 Å². The molecule has 0 radical (unpaired) electrons. The highest BCUT2D eigenvalue weighted by atomic mass is 19.1. The summed E-state index contributed by atoms with van der Waals surface area (Å²) >= 11 is 0. The molecule has 4 heterocycles. The van der Waals surface area contributed by atoms with Crippen LogP contribution in [0.1, 0.15) is 49.4 Å². The molecule has 1 amide bonds. The fourth-order valence-electron chi connectivity index (χ4n) is 7.58. The quantitative estimate of drug-likeness (QED) is 0.510. The molecule has 2 saturated heterocycles. The first-order valence-corrected chi connectivity index (χ1v) is 13.2. The van der Waals surface area contributed by atoms with Crippen LogP contribution in [0.25, 0.3) is 22.0 Å². The van der Waals surface area contributed by atoms with Gasteiger partial charge < -0.3 is 14.8 Å². The minimum Gasteiger partial charge on any atom is -0.361 e. The van der Waals surface area contributed by atoms with Crippen LogP contribution in [-0.2, 0) is 11.2 Å². The monoisotopic (exact) mass is 495 g/mol. The minimum absolute atomic E-state index is 0.00863. The van der Waals surface area contributed by atoms with Crippen LogP contribution in [0.15, 0.2) is 37.1 Å². The number of amides is 1. The molecule has 7 heteroatoms. The first-order chi connectivity index (χ1) is 17.8. The van der Waals surface area contributed by atoms with Crippen molar-refractivity contribution in [2.24, 2.45) is 16.7 Å². The van der Waals surface area contributed by atoms with Crippen molar-refractivity contribution in [1.29, 1.82) is 5.26 Å². The number of rotatable bonds is 3. The number of fused-ring (bicyclic) bond motifs is 1. The van der Waals surface area contributed by atoms with E-state index < -0.39 is 0 Å². The number of carbonyl (C=O) groups excluding carboxylic acids is 1. The van der Waals surface area contributed by atoms with Gasteiger partial charge in [-0.1, -0.05) is 20.4 Å². The third kappa shape index (κ3) is 2.96. The molecule has 1 N–H and O–H groups in total. The summed E-state index contributed by atoms with van der Waals surface area (Å²) in [7, 11) is 0. The lowest BCUT2D eigenvalue weighted by Gasteiger charge is -2.57. The van der Waals surface area contributed by atoms with Crippen LogP contribution in [0.3, 0.4) is 0 Å². The van der Waals surface area contributed by atoms with E-state index in [9.17, 15) is 10.1 Å². The summed E-state index contributed by atoms with van der Waals surface area (Å²) in [5.74, 6) is 1.13. The van der Waals surface area contributed by atoms with Gasteiger partial charge in [0.25, 0.3) is 0 Å². The lowest BCUT2D eigenvalue weighted by Crippen LogP contribution is -2.59. The third-order valence-electron chi connectivity index (χ3n) is 9.88. The molecular weight excluding hydrogens is 465 g/mol. The van der Waals surface area contributed by atoms with Crippen molar-refractivity contribution >= 4 is 22.6 Å². The second-order valence-electron chi connectivity index (χ2n) is 12.1. The van der Waals surface area contributed by atoms with E-state index in [0.29, 0.717) is 41.9 Å². The summed E-state index contributed by atoms with van der Waals surface area (Å²) in [5.41, 5.74) is 4.63. The Bertz CT molecular complexity index is 1540. The number of hydrogen-bond donors (Lipinski definition) is 1. The van der Waals surface area contributed by atoms with Gasteiger partial charge in [0.15, 0.2) is 0 Å². The number of aromatic nitrogens is 2. The van der Waals surface area contributed by atoms with Crippen LogP contribution < -0.4 is 4.90 Å². The van der Waals surface area contributed by atoms with E-state index in [-0.39, 0.29) is 22.6 Å². The Balaban J connectivity index is 1.40. The summed E-state index contributed by atoms with van der Waals surface area (Å²) in [6.45, 7) is 11.1. The highest BCUT2D eigenvalue weighted by Gasteiger charge is 2.55. The van der Waals surface area contributed by atoms with Crippen molar-refractivity contribution in [3.8, 4) is 17.2 Å². The predicted octanol–water partition coefficient (Wildman–Crippen LogP) is 5.15. The van der Waals surface area contributed by atoms with Crippen LogP contribution in [0.4, 0.5) is 10.2 Å². The second kappa shape index (κ2) is 7.44. The summed E-state index contributed by atoms with van der Waals surface area (Å²) in [6, 6.07) is 7.69. The number of nitriles is 1. The number of benzene rings is 1. The fourth-order valence-corrected chi connectivity index (χ4v) is 7.58. The summed E-state index contributed by atoms with van der Waals surface area (Å²) in [4.78, 5) is 24.6. The van der Waals surface area contributed by atoms with Gasteiger partial charge in [-0.2, -0.15) is 5.26 Å². The zero-order chi connectivity index (χ0) is 25.7. The number of aromatic amines is 1. The van der Waals surface area contributed by atoms with Crippen molar-refractivity contribution in [1.82, 2.24) is 14.9 Å². The Hall–Kier alpha value is -3.66. The van der Waals surface area contributed by atoms with Gasteiger partial charge in [0.2, 0.25) is 5.91 Å². The van der Waals surface area contributed by atoms with Gasteiger partial charge in [-0.15, -0.1) is 0 Å². The normalized spacial score (nSPS) is 24.4. The van der Waals surface area contributed by atoms with Crippen LogP contribution in [0, 0.1) is 33.9 Å². The molecule has 5 aliphatic rings. The maximum Gasteiger partial charge on any atom is 0.245 e. The summed E-state index contributed by atoms with van der Waals surface area (Å²) in [5, 5.41) is 11.5. The molecule has 3 aromatic rings. The Morgan fingerprint density at radius 1 is 1.27 bits per heavy atom. The molecule has 3 aliphatic carbocycles. The van der Waals surface area contributed by atoms with Crippen molar-refractivity contribution in [2.75, 3.05) is 31.1 Å². The highest BCUT2D eigenvalue weighted by Crippen LogP contribution is 2.63. The number of hydrogen-bond acceptors (Lipinski definition) is 4. The summed E-state index contributed by atoms with van der Waals surface area (Å²) < 4.78 is 15.7. The van der Waals surface area contributed by atoms with Gasteiger partial charge in [-0.05, 0) is 60.4 Å². The van der Waals surface area contributed by atoms with E-state index in [1.807, 2.05) is 17.2 Å². The first kappa shape index (κ1) is 22.5. The third-order valence-corrected chi connectivity index (χ3v) is 9.88. The van der Waals surface area contributed by atoms with Crippen LogP contribution in [0.2, 0.25) is 0 Å². The molecule has 0 unspecified atom stereocenters. The van der Waals surface area contributed by atoms with Gasteiger partial charge >= 0.3 is 0 Å². The van der Waals surface area contributed by atoms with E-state index in [1.54, 1.807) is 6.07 Å². The molecule has 2 aliphatic heterocycles. The lowest BCUT2D eigenvalue weighted by molar-refractivity contribution is -0.136. The zero-order valence-corrected chi connectivity index (χ0v) is 21.3. The topological polar surface area (TPSA) is 76.0 Å². The van der Waals surface area contributed by atoms with Gasteiger partial charge in [-0.25, -0.2) is 9.37 Å². The number of H-pyrrole nitrogens is 1. The minimum atomic E-state index is -0.320. The average Bonchev–Trinajstić information content (AvgIpc) is 3.53. The van der Waals surface area contributed by atoms with Gasteiger partial charge in [0.05, 0.1) is 11.2 Å². The number of nitrogens with zero attached hydrogens (tertiary/aromatic N) is 4. The Morgan fingerprint density at radius 3 is 2.81 bits per heavy atom. The highest BCUT2D eigenvalue weighted by molar-refractivity contribution is 5.98. The smallest absolute Gasteiger partial charge is 0.245 e. The first-order valence-electron chi connectivity index (χ1n) is 13.2. The number of nitrogens with one attached hydrogen (secondary N) is 1. The van der Waals surface area contributed by atoms with Crippen LogP contribution >= 0.6 is 0 Å². The van der Waals surface area contributed by atoms with Gasteiger partial charge in [0, 0.05) is 60.2 Å². The predicted molar refractivity (Wildman–Crippen MR) is 141 cm³/mol. The van der Waals surface area contributed by atoms with Crippen LogP contribution in [-0.4, -0.2) is 47.0 Å². The number of likely N-dealkylation sites (tertiary alicyclic amines) is 1. The fraction of sp³-hybridized carbons (Fsp3) is 0.433. The molecule has 3 fully saturated rings. The number of carbonyl (C=O) groups is 1. The Labute approximate surface area is 215 Å². The molecule has 1 saturated carbocycles. The van der Waals surface area contributed by atoms with Gasteiger partial charge in [0.1, 0.15) is 23.3 Å². The second-order valence-corrected chi connectivity index (χ2v) is 12.1. The maximum absolute atomic E-state index is 15.7. The molecule has 8 rings (SSSR count). The number of pyridine rings is 1. The Kier molecular flexibility index (Phi) is 4.53. The molecule has 2 atom stereocenters. The van der Waals surface area contributed by atoms with Crippen molar-refractivity contribution in [3.05, 3.63) is 59.7 Å². The van der Waals surface area contributed by atoms with E-state index >= 15 is 4.39 Å². The van der Waals surface area contributed by atoms with E-state index in [2.05, 4.69) is 36.4 Å². The van der Waals surface area contributed by atoms with Crippen LogP contribution in [0.5, 0.6) is 0 Å². The van der Waals surface area contributed by atoms with E-state index in [0.717, 1.165) is 60.1 Å². The molecule has 2 aromatic heterocycles. The number of halogens is 1.